The number of unbranched alkanes of at least 4 members (excludes halogenated alkanes) is 4. The molecule has 0 amide bonds. The summed E-state index contributed by atoms with van der Waals surface area (Å²) in [5.74, 6) is -0.157. The third-order valence-corrected chi connectivity index (χ3v) is 2.19. The predicted molar refractivity (Wildman–Crippen MR) is 58.1 cm³/mol. The van der Waals surface area contributed by atoms with E-state index in [0.29, 0.717) is 6.61 Å². The van der Waals surface area contributed by atoms with Crippen LogP contribution in [-0.4, -0.2) is 17.4 Å². The van der Waals surface area contributed by atoms with Crippen molar-refractivity contribution in [3.8, 4) is 0 Å². The molecule has 0 aliphatic rings. The molecule has 0 saturated heterocycles. The first-order chi connectivity index (χ1) is 6.18. The zero-order valence-corrected chi connectivity index (χ0v) is 10.1. The average Bonchev–Trinajstić information content (AvgIpc) is 2.10. The molecular weight excluding hydrogens is 232 g/mol. The maximum absolute atomic E-state index is 11.0. The monoisotopic (exact) mass is 250 g/mol. The van der Waals surface area contributed by atoms with Crippen LogP contribution in [0.5, 0.6) is 0 Å². The maximum Gasteiger partial charge on any atom is 0.319 e. The quantitative estimate of drug-likeness (QED) is 0.394. The van der Waals surface area contributed by atoms with Gasteiger partial charge in [-0.15, -0.1) is 0 Å². The van der Waals surface area contributed by atoms with Gasteiger partial charge in [0.1, 0.15) is 4.83 Å². The molecular formula is C10H19BrO2. The number of esters is 1. The van der Waals surface area contributed by atoms with E-state index in [1.54, 1.807) is 6.92 Å². The van der Waals surface area contributed by atoms with Crippen LogP contribution in [0.1, 0.15) is 46.0 Å². The highest BCUT2D eigenvalue weighted by Gasteiger charge is 2.08. The minimum Gasteiger partial charge on any atom is -0.465 e. The van der Waals surface area contributed by atoms with Gasteiger partial charge in [-0.3, -0.25) is 4.79 Å². The molecule has 0 N–H and O–H groups in total. The van der Waals surface area contributed by atoms with Crippen molar-refractivity contribution < 1.29 is 9.53 Å². The Hall–Kier alpha value is -0.0500. The molecule has 0 aromatic rings. The van der Waals surface area contributed by atoms with Crippen molar-refractivity contribution in [3.63, 3.8) is 0 Å². The van der Waals surface area contributed by atoms with Crippen molar-refractivity contribution in [1.82, 2.24) is 0 Å². The van der Waals surface area contributed by atoms with Gasteiger partial charge in [-0.2, -0.15) is 0 Å². The lowest BCUT2D eigenvalue weighted by atomic mass is 10.2. The Morgan fingerprint density at radius 3 is 2.46 bits per heavy atom. The van der Waals surface area contributed by atoms with Crippen molar-refractivity contribution >= 4 is 21.9 Å². The lowest BCUT2D eigenvalue weighted by Crippen LogP contribution is -2.14. The number of rotatable bonds is 7. The topological polar surface area (TPSA) is 26.3 Å². The SMILES string of the molecule is CCCCCCCOC(=O)[C@@H](C)Br. The van der Waals surface area contributed by atoms with E-state index in [9.17, 15) is 4.79 Å². The normalized spacial score (nSPS) is 12.5. The maximum atomic E-state index is 11.0. The predicted octanol–water partition coefficient (Wildman–Crippen LogP) is 3.28. The molecule has 0 saturated carbocycles. The van der Waals surface area contributed by atoms with Crippen molar-refractivity contribution in [1.29, 1.82) is 0 Å². The Morgan fingerprint density at radius 1 is 1.31 bits per heavy atom. The minimum absolute atomic E-state index is 0.157. The summed E-state index contributed by atoms with van der Waals surface area (Å²) in [4.78, 5) is 10.8. The first-order valence-corrected chi connectivity index (χ1v) is 5.90. The molecule has 13 heavy (non-hydrogen) atoms. The van der Waals surface area contributed by atoms with Crippen LogP contribution in [0, 0.1) is 0 Å². The highest BCUT2D eigenvalue weighted by Crippen LogP contribution is 2.04. The third kappa shape index (κ3) is 8.28. The van der Waals surface area contributed by atoms with E-state index < -0.39 is 0 Å². The van der Waals surface area contributed by atoms with Gasteiger partial charge in [0, 0.05) is 0 Å². The summed E-state index contributed by atoms with van der Waals surface area (Å²) in [6.07, 6.45) is 5.93. The number of carbonyl (C=O) groups is 1. The molecule has 0 aromatic heterocycles. The zero-order chi connectivity index (χ0) is 10.1. The summed E-state index contributed by atoms with van der Waals surface area (Å²) in [5.41, 5.74) is 0. The van der Waals surface area contributed by atoms with Gasteiger partial charge in [-0.05, 0) is 13.3 Å². The van der Waals surface area contributed by atoms with E-state index in [1.807, 2.05) is 0 Å². The number of ether oxygens (including phenoxy) is 1. The van der Waals surface area contributed by atoms with Gasteiger partial charge in [-0.1, -0.05) is 48.5 Å². The van der Waals surface area contributed by atoms with E-state index in [0.717, 1.165) is 12.8 Å². The highest BCUT2D eigenvalue weighted by atomic mass is 79.9. The summed E-state index contributed by atoms with van der Waals surface area (Å²) in [7, 11) is 0. The molecule has 0 spiro atoms. The van der Waals surface area contributed by atoms with Gasteiger partial charge >= 0.3 is 5.97 Å². The van der Waals surface area contributed by atoms with E-state index in [4.69, 9.17) is 4.74 Å². The molecule has 0 aromatic carbocycles. The van der Waals surface area contributed by atoms with E-state index in [-0.39, 0.29) is 10.8 Å². The van der Waals surface area contributed by atoms with Crippen LogP contribution in [0.25, 0.3) is 0 Å². The van der Waals surface area contributed by atoms with E-state index >= 15 is 0 Å². The lowest BCUT2D eigenvalue weighted by Gasteiger charge is -2.05. The Bertz CT molecular complexity index is 135. The summed E-state index contributed by atoms with van der Waals surface area (Å²) < 4.78 is 5.00. The molecule has 3 heteroatoms. The number of hydrogen-bond donors (Lipinski definition) is 0. The highest BCUT2D eigenvalue weighted by molar-refractivity contribution is 9.10. The number of hydrogen-bond acceptors (Lipinski definition) is 2. The molecule has 0 heterocycles. The summed E-state index contributed by atoms with van der Waals surface area (Å²) >= 11 is 3.16. The molecule has 0 aliphatic heterocycles. The molecule has 1 atom stereocenters. The Labute approximate surface area is 89.2 Å². The fraction of sp³-hybridized carbons (Fsp3) is 0.900. The van der Waals surface area contributed by atoms with Gasteiger partial charge in [0.05, 0.1) is 6.61 Å². The summed E-state index contributed by atoms with van der Waals surface area (Å²) in [6, 6.07) is 0. The van der Waals surface area contributed by atoms with Crippen LogP contribution in [0.4, 0.5) is 0 Å². The average molecular weight is 251 g/mol. The Balaban J connectivity index is 3.12. The van der Waals surface area contributed by atoms with Crippen molar-refractivity contribution in [2.24, 2.45) is 0 Å². The van der Waals surface area contributed by atoms with Crippen LogP contribution < -0.4 is 0 Å². The first-order valence-electron chi connectivity index (χ1n) is 4.99. The van der Waals surface area contributed by atoms with Crippen LogP contribution in [0.3, 0.4) is 0 Å². The number of halogens is 1. The van der Waals surface area contributed by atoms with Crippen molar-refractivity contribution in [2.75, 3.05) is 6.61 Å². The van der Waals surface area contributed by atoms with Crippen molar-refractivity contribution in [2.45, 2.75) is 50.8 Å². The third-order valence-electron chi connectivity index (χ3n) is 1.82. The largest absolute Gasteiger partial charge is 0.465 e. The number of carbonyl (C=O) groups excluding carboxylic acids is 1. The van der Waals surface area contributed by atoms with Gasteiger partial charge in [0.2, 0.25) is 0 Å². The second kappa shape index (κ2) is 8.54. The van der Waals surface area contributed by atoms with Gasteiger partial charge in [0.25, 0.3) is 0 Å². The first kappa shape index (κ1) is 12.9. The number of alkyl halides is 1. The lowest BCUT2D eigenvalue weighted by molar-refractivity contribution is -0.142. The molecule has 0 unspecified atom stereocenters. The molecule has 78 valence electrons. The molecule has 0 fully saturated rings. The smallest absolute Gasteiger partial charge is 0.319 e. The van der Waals surface area contributed by atoms with Crippen LogP contribution in [0.15, 0.2) is 0 Å². The molecule has 0 rings (SSSR count). The molecule has 2 nitrogen and oxygen atoms in total. The van der Waals surface area contributed by atoms with Crippen LogP contribution >= 0.6 is 15.9 Å². The van der Waals surface area contributed by atoms with Gasteiger partial charge in [-0.25, -0.2) is 0 Å². The van der Waals surface area contributed by atoms with Crippen LogP contribution in [-0.2, 0) is 9.53 Å². The van der Waals surface area contributed by atoms with Crippen LogP contribution in [0.2, 0.25) is 0 Å². The van der Waals surface area contributed by atoms with Gasteiger partial charge in [0.15, 0.2) is 0 Å². The molecule has 0 bridgehead atoms. The second-order valence-corrected chi connectivity index (χ2v) is 4.57. The van der Waals surface area contributed by atoms with Crippen molar-refractivity contribution in [3.05, 3.63) is 0 Å². The van der Waals surface area contributed by atoms with E-state index in [2.05, 4.69) is 22.9 Å². The fourth-order valence-corrected chi connectivity index (χ4v) is 1.13. The van der Waals surface area contributed by atoms with E-state index in [1.165, 1.54) is 19.3 Å². The Kier molecular flexibility index (Phi) is 8.51. The summed E-state index contributed by atoms with van der Waals surface area (Å²) in [5, 5.41) is 0. The molecule has 0 aliphatic carbocycles. The zero-order valence-electron chi connectivity index (χ0n) is 8.51. The summed E-state index contributed by atoms with van der Waals surface area (Å²) in [6.45, 7) is 4.53. The van der Waals surface area contributed by atoms with Gasteiger partial charge < -0.3 is 4.74 Å². The standard InChI is InChI=1S/C10H19BrO2/c1-3-4-5-6-7-8-13-10(12)9(2)11/h9H,3-8H2,1-2H3/t9-/m1/s1. The fourth-order valence-electron chi connectivity index (χ4n) is 0.993. The second-order valence-electron chi connectivity index (χ2n) is 3.20. The molecule has 0 radical (unpaired) electrons. The minimum atomic E-state index is -0.178. The Morgan fingerprint density at radius 2 is 1.92 bits per heavy atom.